The number of hydrogen-bond acceptors (Lipinski definition) is 5. The SMILES string of the molecule is O=C1c2ccccc2C(=O)N1CCC1(c2nn[nH]n2)C2C=CC(F)=CC2CCC2CCC(F)=CC21. The molecule has 2 aromatic rings. The first kappa shape index (κ1) is 22.0. The molecule has 180 valence electrons. The number of allylic oxidation sites excluding steroid dienone is 6. The zero-order valence-electron chi connectivity index (χ0n) is 19.0. The number of carbonyl (C=O) groups is 2. The molecule has 1 aliphatic heterocycles. The van der Waals surface area contributed by atoms with Gasteiger partial charge in [-0.3, -0.25) is 14.5 Å². The third kappa shape index (κ3) is 3.39. The van der Waals surface area contributed by atoms with E-state index >= 15 is 0 Å². The number of nitrogens with one attached hydrogen (secondary N) is 1. The highest BCUT2D eigenvalue weighted by Gasteiger charge is 2.56. The maximum absolute atomic E-state index is 14.8. The fourth-order valence-corrected chi connectivity index (χ4v) is 6.80. The molecule has 5 unspecified atom stereocenters. The fourth-order valence-electron chi connectivity index (χ4n) is 6.80. The van der Waals surface area contributed by atoms with Crippen molar-refractivity contribution >= 4 is 11.8 Å². The molecule has 0 saturated heterocycles. The molecule has 4 aliphatic rings. The molecule has 35 heavy (non-hydrogen) atoms. The summed E-state index contributed by atoms with van der Waals surface area (Å²) in [6.45, 7) is 0.114. The van der Waals surface area contributed by atoms with Gasteiger partial charge >= 0.3 is 0 Å². The highest BCUT2D eigenvalue weighted by Crippen LogP contribution is 2.56. The van der Waals surface area contributed by atoms with E-state index in [2.05, 4.69) is 20.6 Å². The number of rotatable bonds is 4. The van der Waals surface area contributed by atoms with Crippen LogP contribution in [-0.4, -0.2) is 43.9 Å². The number of hydrogen-bond donors (Lipinski definition) is 1. The zero-order chi connectivity index (χ0) is 24.2. The molecule has 2 amide bonds. The molecule has 1 fully saturated rings. The minimum absolute atomic E-state index is 0.114. The van der Waals surface area contributed by atoms with Crippen molar-refractivity contribution in [2.24, 2.45) is 23.7 Å². The number of benzene rings is 1. The number of fused-ring (bicyclic) bond motifs is 3. The van der Waals surface area contributed by atoms with Crippen LogP contribution >= 0.6 is 0 Å². The third-order valence-electron chi connectivity index (χ3n) is 8.37. The van der Waals surface area contributed by atoms with Crippen LogP contribution in [0.25, 0.3) is 0 Å². The van der Waals surface area contributed by atoms with Crippen LogP contribution in [0.3, 0.4) is 0 Å². The van der Waals surface area contributed by atoms with Crippen molar-refractivity contribution in [3.05, 3.63) is 77.2 Å². The molecular formula is C26H25F2N5O2. The van der Waals surface area contributed by atoms with Gasteiger partial charge in [-0.1, -0.05) is 23.4 Å². The van der Waals surface area contributed by atoms with Gasteiger partial charge in [-0.05, 0) is 86.1 Å². The monoisotopic (exact) mass is 477 g/mol. The van der Waals surface area contributed by atoms with Gasteiger partial charge in [0, 0.05) is 12.0 Å². The third-order valence-corrected chi connectivity index (χ3v) is 8.37. The van der Waals surface area contributed by atoms with E-state index < -0.39 is 5.41 Å². The van der Waals surface area contributed by atoms with Crippen LogP contribution in [0, 0.1) is 23.7 Å². The second kappa shape index (κ2) is 8.32. The summed E-state index contributed by atoms with van der Waals surface area (Å²) in [4.78, 5) is 27.5. The number of H-pyrrole nitrogens is 1. The Bertz CT molecular complexity index is 1240. The Balaban J connectivity index is 1.45. The summed E-state index contributed by atoms with van der Waals surface area (Å²) in [6, 6.07) is 6.77. The Hall–Kier alpha value is -3.49. The Morgan fingerprint density at radius 1 is 1.03 bits per heavy atom. The highest BCUT2D eigenvalue weighted by atomic mass is 19.1. The van der Waals surface area contributed by atoms with Gasteiger partial charge in [-0.15, -0.1) is 10.2 Å². The van der Waals surface area contributed by atoms with E-state index in [1.165, 1.54) is 11.0 Å². The number of halogens is 2. The second-order valence-corrected chi connectivity index (χ2v) is 9.95. The smallest absolute Gasteiger partial charge is 0.261 e. The first-order valence-electron chi connectivity index (χ1n) is 12.1. The van der Waals surface area contributed by atoms with E-state index in [-0.39, 0.29) is 53.7 Å². The maximum Gasteiger partial charge on any atom is 0.261 e. The molecule has 1 aromatic heterocycles. The summed E-state index contributed by atoms with van der Waals surface area (Å²) >= 11 is 0. The number of amides is 2. The molecule has 2 heterocycles. The van der Waals surface area contributed by atoms with Gasteiger partial charge in [-0.25, -0.2) is 8.78 Å². The van der Waals surface area contributed by atoms with Crippen molar-refractivity contribution in [2.45, 2.75) is 37.5 Å². The van der Waals surface area contributed by atoms with Crippen molar-refractivity contribution in [3.8, 4) is 0 Å². The average Bonchev–Trinajstić information content (AvgIpc) is 3.45. The quantitative estimate of drug-likeness (QED) is 0.657. The number of carbonyl (C=O) groups excluding carboxylic acids is 2. The molecule has 1 N–H and O–H groups in total. The van der Waals surface area contributed by atoms with Gasteiger partial charge in [0.1, 0.15) is 5.83 Å². The van der Waals surface area contributed by atoms with E-state index in [0.717, 1.165) is 12.8 Å². The van der Waals surface area contributed by atoms with Crippen molar-refractivity contribution in [2.75, 3.05) is 6.54 Å². The largest absolute Gasteiger partial charge is 0.274 e. The molecule has 6 rings (SSSR count). The van der Waals surface area contributed by atoms with E-state index in [1.807, 2.05) is 6.08 Å². The number of imide groups is 1. The lowest BCUT2D eigenvalue weighted by molar-refractivity contribution is 0.0602. The Morgan fingerprint density at radius 3 is 2.51 bits per heavy atom. The van der Waals surface area contributed by atoms with E-state index in [9.17, 15) is 18.4 Å². The summed E-state index contributed by atoms with van der Waals surface area (Å²) < 4.78 is 29.1. The maximum atomic E-state index is 14.8. The molecule has 5 atom stereocenters. The van der Waals surface area contributed by atoms with Crippen molar-refractivity contribution < 1.29 is 18.4 Å². The van der Waals surface area contributed by atoms with Gasteiger partial charge in [0.25, 0.3) is 11.8 Å². The van der Waals surface area contributed by atoms with Crippen molar-refractivity contribution in [1.82, 2.24) is 25.5 Å². The van der Waals surface area contributed by atoms with E-state index in [1.54, 1.807) is 36.4 Å². The summed E-state index contributed by atoms with van der Waals surface area (Å²) in [7, 11) is 0. The standard InChI is InChI=1S/C26H25F2N5O2/c27-17-9-10-21-16(13-17)6-5-15-7-8-18(28)14-22(15)26(21,25-29-31-32-30-25)11-12-33-23(34)19-3-1-2-4-20(19)24(33)35/h1-4,9-10,13-16,21-22H,5-8,11-12H2,(H,29,30,31,32). The topological polar surface area (TPSA) is 91.8 Å². The fraction of sp³-hybridized carbons (Fsp3) is 0.423. The summed E-state index contributed by atoms with van der Waals surface area (Å²) in [5, 5.41) is 15.1. The Kier molecular flexibility index (Phi) is 5.23. The number of aromatic nitrogens is 4. The minimum atomic E-state index is -0.875. The van der Waals surface area contributed by atoms with Gasteiger partial charge < -0.3 is 0 Å². The van der Waals surface area contributed by atoms with Crippen LogP contribution in [0.15, 0.2) is 60.2 Å². The lowest BCUT2D eigenvalue weighted by atomic mass is 9.57. The van der Waals surface area contributed by atoms with Crippen LogP contribution in [-0.2, 0) is 5.41 Å². The second-order valence-electron chi connectivity index (χ2n) is 9.95. The van der Waals surface area contributed by atoms with Crippen molar-refractivity contribution in [1.29, 1.82) is 0 Å². The van der Waals surface area contributed by atoms with Gasteiger partial charge in [0.15, 0.2) is 5.82 Å². The summed E-state index contributed by atoms with van der Waals surface area (Å²) in [5.41, 5.74) is -0.109. The van der Waals surface area contributed by atoms with Gasteiger partial charge in [0.05, 0.1) is 17.0 Å². The zero-order valence-corrected chi connectivity index (χ0v) is 19.0. The molecule has 0 bridgehead atoms. The Labute approximate surface area is 201 Å². The van der Waals surface area contributed by atoms with E-state index in [4.69, 9.17) is 0 Å². The first-order valence-corrected chi connectivity index (χ1v) is 12.1. The van der Waals surface area contributed by atoms with Crippen LogP contribution < -0.4 is 0 Å². The highest BCUT2D eigenvalue weighted by molar-refractivity contribution is 6.21. The van der Waals surface area contributed by atoms with Gasteiger partial charge in [-0.2, -0.15) is 5.21 Å². The average molecular weight is 478 g/mol. The molecule has 0 radical (unpaired) electrons. The van der Waals surface area contributed by atoms with Crippen LogP contribution in [0.5, 0.6) is 0 Å². The molecule has 1 saturated carbocycles. The van der Waals surface area contributed by atoms with Crippen molar-refractivity contribution in [3.63, 3.8) is 0 Å². The Morgan fingerprint density at radius 2 is 1.80 bits per heavy atom. The molecule has 9 heteroatoms. The first-order chi connectivity index (χ1) is 17.0. The van der Waals surface area contributed by atoms with Gasteiger partial charge in [0.2, 0.25) is 0 Å². The summed E-state index contributed by atoms with van der Waals surface area (Å²) in [6.07, 6.45) is 9.53. The number of tetrazole rings is 1. The predicted molar refractivity (Wildman–Crippen MR) is 122 cm³/mol. The predicted octanol–water partition coefficient (Wildman–Crippen LogP) is 4.45. The molecule has 1 aromatic carbocycles. The number of aromatic amines is 1. The molecule has 3 aliphatic carbocycles. The number of nitrogens with zero attached hydrogens (tertiary/aromatic N) is 4. The van der Waals surface area contributed by atoms with Crippen LogP contribution in [0.2, 0.25) is 0 Å². The summed E-state index contributed by atoms with van der Waals surface area (Å²) in [5.74, 6) is -1.26. The molecular weight excluding hydrogens is 452 g/mol. The lowest BCUT2D eigenvalue weighted by Crippen LogP contribution is -2.49. The van der Waals surface area contributed by atoms with Crippen LogP contribution in [0.4, 0.5) is 8.78 Å². The van der Waals surface area contributed by atoms with Crippen LogP contribution in [0.1, 0.15) is 58.6 Å². The van der Waals surface area contributed by atoms with E-state index in [0.29, 0.717) is 36.2 Å². The lowest BCUT2D eigenvalue weighted by Gasteiger charge is -2.47. The minimum Gasteiger partial charge on any atom is -0.274 e. The normalized spacial score (nSPS) is 31.9. The molecule has 0 spiro atoms. The molecule has 7 nitrogen and oxygen atoms in total.